The molecule has 0 radical (unpaired) electrons. The first-order valence-corrected chi connectivity index (χ1v) is 12.8. The van der Waals surface area contributed by atoms with Crippen molar-refractivity contribution in [2.45, 2.75) is 43.9 Å². The second-order valence-corrected chi connectivity index (χ2v) is 11.4. The number of amides is 1. The van der Waals surface area contributed by atoms with Crippen LogP contribution in [0.1, 0.15) is 44.0 Å². The molecule has 0 unspecified atom stereocenters. The van der Waals surface area contributed by atoms with Gasteiger partial charge in [0.15, 0.2) is 0 Å². The fourth-order valence-electron chi connectivity index (χ4n) is 3.85. The maximum atomic E-state index is 13.1. The molecule has 0 saturated carbocycles. The van der Waals surface area contributed by atoms with Crippen molar-refractivity contribution >= 4 is 43.2 Å². The standard InChI is InChI=1S/C23H27N3O3S2/c1-16(2)15-22(27)24-18-7-9-19(10-8-18)31(28,29)26-13-11-17(12-14-26)23-25-20-5-3-4-6-21(20)30-23/h3-10,16-17H,11-15H2,1-2H3,(H,24,27). The van der Waals surface area contributed by atoms with Crippen LogP contribution in [-0.4, -0.2) is 36.7 Å². The first-order chi connectivity index (χ1) is 14.8. The van der Waals surface area contributed by atoms with Crippen molar-refractivity contribution in [3.63, 3.8) is 0 Å². The Morgan fingerprint density at radius 1 is 1.13 bits per heavy atom. The predicted molar refractivity (Wildman–Crippen MR) is 125 cm³/mol. The zero-order valence-electron chi connectivity index (χ0n) is 17.7. The highest BCUT2D eigenvalue weighted by molar-refractivity contribution is 7.89. The summed E-state index contributed by atoms with van der Waals surface area (Å²) < 4.78 is 28.9. The Balaban J connectivity index is 1.40. The van der Waals surface area contributed by atoms with Crippen molar-refractivity contribution in [3.8, 4) is 0 Å². The van der Waals surface area contributed by atoms with Crippen LogP contribution in [0, 0.1) is 5.92 Å². The van der Waals surface area contributed by atoms with Gasteiger partial charge in [0.2, 0.25) is 15.9 Å². The topological polar surface area (TPSA) is 79.4 Å². The second-order valence-electron chi connectivity index (χ2n) is 8.37. The van der Waals surface area contributed by atoms with E-state index in [0.29, 0.717) is 31.1 Å². The quantitative estimate of drug-likeness (QED) is 0.574. The fourth-order valence-corrected chi connectivity index (χ4v) is 6.46. The van der Waals surface area contributed by atoms with Crippen LogP contribution in [0.3, 0.4) is 0 Å². The average Bonchev–Trinajstić information content (AvgIpc) is 3.18. The van der Waals surface area contributed by atoms with Gasteiger partial charge in [-0.3, -0.25) is 4.79 Å². The van der Waals surface area contributed by atoms with Crippen molar-refractivity contribution in [1.82, 2.24) is 9.29 Å². The highest BCUT2D eigenvalue weighted by atomic mass is 32.2. The van der Waals surface area contributed by atoms with Gasteiger partial charge in [-0.1, -0.05) is 26.0 Å². The van der Waals surface area contributed by atoms with E-state index in [1.807, 2.05) is 32.0 Å². The van der Waals surface area contributed by atoms with Crippen LogP contribution in [-0.2, 0) is 14.8 Å². The Labute approximate surface area is 187 Å². The van der Waals surface area contributed by atoms with Gasteiger partial charge in [0.25, 0.3) is 0 Å². The SMILES string of the molecule is CC(C)CC(=O)Nc1ccc(S(=O)(=O)N2CCC(c3nc4ccccc4s3)CC2)cc1. The smallest absolute Gasteiger partial charge is 0.243 e. The molecule has 0 bridgehead atoms. The molecule has 1 aromatic heterocycles. The number of piperidine rings is 1. The van der Waals surface area contributed by atoms with Gasteiger partial charge in [-0.15, -0.1) is 11.3 Å². The molecule has 1 aliphatic heterocycles. The van der Waals surface area contributed by atoms with E-state index in [1.165, 1.54) is 4.70 Å². The Morgan fingerprint density at radius 2 is 1.81 bits per heavy atom. The molecule has 2 aromatic carbocycles. The number of fused-ring (bicyclic) bond motifs is 1. The van der Waals surface area contributed by atoms with E-state index >= 15 is 0 Å². The van der Waals surface area contributed by atoms with Gasteiger partial charge in [0.1, 0.15) is 0 Å². The molecule has 4 rings (SSSR count). The van der Waals surface area contributed by atoms with E-state index < -0.39 is 10.0 Å². The number of hydrogen-bond donors (Lipinski definition) is 1. The van der Waals surface area contributed by atoms with Crippen LogP contribution in [0.2, 0.25) is 0 Å². The lowest BCUT2D eigenvalue weighted by atomic mass is 9.99. The molecule has 6 nitrogen and oxygen atoms in total. The van der Waals surface area contributed by atoms with Gasteiger partial charge < -0.3 is 5.32 Å². The lowest BCUT2D eigenvalue weighted by Gasteiger charge is -2.30. The fraction of sp³-hybridized carbons (Fsp3) is 0.391. The minimum absolute atomic E-state index is 0.0671. The number of aromatic nitrogens is 1. The van der Waals surface area contributed by atoms with Gasteiger partial charge >= 0.3 is 0 Å². The zero-order valence-corrected chi connectivity index (χ0v) is 19.4. The summed E-state index contributed by atoms with van der Waals surface area (Å²) in [5.74, 6) is 0.496. The van der Waals surface area contributed by atoms with Crippen molar-refractivity contribution in [2.75, 3.05) is 18.4 Å². The van der Waals surface area contributed by atoms with Gasteiger partial charge in [0, 0.05) is 31.1 Å². The minimum Gasteiger partial charge on any atom is -0.326 e. The monoisotopic (exact) mass is 457 g/mol. The highest BCUT2D eigenvalue weighted by Gasteiger charge is 2.31. The Kier molecular flexibility index (Phi) is 6.41. The molecule has 0 atom stereocenters. The molecule has 2 heterocycles. The van der Waals surface area contributed by atoms with Gasteiger partial charge in [0.05, 0.1) is 20.1 Å². The molecular formula is C23H27N3O3S2. The zero-order chi connectivity index (χ0) is 22.0. The Hall–Kier alpha value is -2.29. The number of nitrogens with one attached hydrogen (secondary N) is 1. The van der Waals surface area contributed by atoms with E-state index in [-0.39, 0.29) is 16.7 Å². The summed E-state index contributed by atoms with van der Waals surface area (Å²) in [4.78, 5) is 16.9. The molecule has 31 heavy (non-hydrogen) atoms. The Bertz CT molecular complexity index is 1130. The van der Waals surface area contributed by atoms with Crippen LogP contribution < -0.4 is 5.32 Å². The van der Waals surface area contributed by atoms with E-state index in [9.17, 15) is 13.2 Å². The van der Waals surface area contributed by atoms with Crippen LogP contribution in [0.5, 0.6) is 0 Å². The summed E-state index contributed by atoms with van der Waals surface area (Å²) in [7, 11) is -3.55. The predicted octanol–water partition coefficient (Wildman–Crippen LogP) is 4.85. The number of benzene rings is 2. The molecule has 1 amide bonds. The van der Waals surface area contributed by atoms with Crippen molar-refractivity contribution in [3.05, 3.63) is 53.5 Å². The molecular weight excluding hydrogens is 430 g/mol. The van der Waals surface area contributed by atoms with Gasteiger partial charge in [-0.2, -0.15) is 4.31 Å². The normalized spacial score (nSPS) is 16.1. The van der Waals surface area contributed by atoms with E-state index in [0.717, 1.165) is 23.4 Å². The largest absolute Gasteiger partial charge is 0.326 e. The summed E-state index contributed by atoms with van der Waals surface area (Å²) in [6.07, 6.45) is 1.97. The number of hydrogen-bond acceptors (Lipinski definition) is 5. The first kappa shape index (κ1) is 21.9. The summed E-state index contributed by atoms with van der Waals surface area (Å²) in [5.41, 5.74) is 1.62. The van der Waals surface area contributed by atoms with E-state index in [4.69, 9.17) is 4.98 Å². The summed E-state index contributed by atoms with van der Waals surface area (Å²) in [6, 6.07) is 14.5. The molecule has 0 aliphatic carbocycles. The van der Waals surface area contributed by atoms with Crippen LogP contribution >= 0.6 is 11.3 Å². The van der Waals surface area contributed by atoms with Crippen molar-refractivity contribution in [1.29, 1.82) is 0 Å². The number of nitrogens with zero attached hydrogens (tertiary/aromatic N) is 2. The molecule has 1 N–H and O–H groups in total. The van der Waals surface area contributed by atoms with E-state index in [2.05, 4.69) is 11.4 Å². The van der Waals surface area contributed by atoms with Gasteiger partial charge in [-0.25, -0.2) is 13.4 Å². The molecule has 0 spiro atoms. The number of carbonyl (C=O) groups excluding carboxylic acids is 1. The third-order valence-electron chi connectivity index (χ3n) is 5.48. The lowest BCUT2D eigenvalue weighted by Crippen LogP contribution is -2.37. The van der Waals surface area contributed by atoms with Crippen LogP contribution in [0.4, 0.5) is 5.69 Å². The molecule has 3 aromatic rings. The molecule has 8 heteroatoms. The van der Waals surface area contributed by atoms with Gasteiger partial charge in [-0.05, 0) is 55.2 Å². The second kappa shape index (κ2) is 9.06. The van der Waals surface area contributed by atoms with E-state index in [1.54, 1.807) is 39.9 Å². The molecule has 1 saturated heterocycles. The third kappa shape index (κ3) is 4.97. The third-order valence-corrected chi connectivity index (χ3v) is 8.59. The van der Waals surface area contributed by atoms with Crippen molar-refractivity contribution in [2.24, 2.45) is 5.92 Å². The van der Waals surface area contributed by atoms with Crippen molar-refractivity contribution < 1.29 is 13.2 Å². The van der Waals surface area contributed by atoms with Crippen LogP contribution in [0.25, 0.3) is 10.2 Å². The molecule has 164 valence electrons. The number of carbonyl (C=O) groups is 1. The maximum absolute atomic E-state index is 13.1. The number of rotatable bonds is 6. The number of sulfonamides is 1. The average molecular weight is 458 g/mol. The number of para-hydroxylation sites is 1. The Morgan fingerprint density at radius 3 is 2.45 bits per heavy atom. The number of thiazole rings is 1. The highest BCUT2D eigenvalue weighted by Crippen LogP contribution is 2.35. The van der Waals surface area contributed by atoms with Crippen LogP contribution in [0.15, 0.2) is 53.4 Å². The lowest BCUT2D eigenvalue weighted by molar-refractivity contribution is -0.116. The summed E-state index contributed by atoms with van der Waals surface area (Å²) in [5, 5.41) is 3.91. The maximum Gasteiger partial charge on any atom is 0.243 e. The summed E-state index contributed by atoms with van der Waals surface area (Å²) in [6.45, 7) is 4.93. The minimum atomic E-state index is -3.55. The molecule has 1 aliphatic rings. The number of anilines is 1. The summed E-state index contributed by atoms with van der Waals surface area (Å²) >= 11 is 1.71. The molecule has 1 fully saturated rings. The first-order valence-electron chi connectivity index (χ1n) is 10.6.